The maximum atomic E-state index is 13.0. The molecule has 0 bridgehead atoms. The summed E-state index contributed by atoms with van der Waals surface area (Å²) < 4.78 is 9.24. The van der Waals surface area contributed by atoms with E-state index < -0.39 is 11.7 Å². The summed E-state index contributed by atoms with van der Waals surface area (Å²) in [4.78, 5) is 18.0. The summed E-state index contributed by atoms with van der Waals surface area (Å²) in [5.41, 5.74) is 7.31. The van der Waals surface area contributed by atoms with Gasteiger partial charge in [-0.2, -0.15) is 5.10 Å². The van der Waals surface area contributed by atoms with Gasteiger partial charge in [0.25, 0.3) is 0 Å². The van der Waals surface area contributed by atoms with E-state index in [-0.39, 0.29) is 5.78 Å². The molecular weight excluding hydrogens is 514 g/mol. The van der Waals surface area contributed by atoms with Crippen LogP contribution in [-0.4, -0.2) is 26.1 Å². The third kappa shape index (κ3) is 5.17. The van der Waals surface area contributed by atoms with Crippen LogP contribution in [0.1, 0.15) is 44.9 Å². The fourth-order valence-electron chi connectivity index (χ4n) is 4.74. The number of benzene rings is 3. The molecule has 5 rings (SSSR count). The molecule has 194 valence electrons. The second kappa shape index (κ2) is 10.1. The lowest BCUT2D eigenvalue weighted by molar-refractivity contribution is -0.138. The van der Waals surface area contributed by atoms with E-state index in [0.717, 1.165) is 54.3 Å². The predicted octanol–water partition coefficient (Wildman–Crippen LogP) is 8.44. The van der Waals surface area contributed by atoms with E-state index in [1.54, 1.807) is 24.5 Å². The van der Waals surface area contributed by atoms with Crippen molar-refractivity contribution in [2.45, 2.75) is 46.3 Å². The van der Waals surface area contributed by atoms with Gasteiger partial charge in [-0.3, -0.25) is 9.48 Å². The highest BCUT2D eigenvalue weighted by Gasteiger charge is 2.30. The standard InChI is InChI=1S/C31H30ClN3O2S/c1-18-16-24-29(38-30(34-24)22-9-7-8-21(17-22)25-14-15-33-35(25)6)27(20-10-12-23(32)13-11-20)26(18)28(19(2)36)37-31(3,4)5/h7-17,28H,1-6H3/t28-/m1/s1. The van der Waals surface area contributed by atoms with Crippen LogP contribution in [0.25, 0.3) is 43.2 Å². The van der Waals surface area contributed by atoms with E-state index in [1.165, 1.54) is 0 Å². The van der Waals surface area contributed by atoms with Crippen molar-refractivity contribution >= 4 is 38.9 Å². The van der Waals surface area contributed by atoms with Gasteiger partial charge in [-0.25, -0.2) is 4.98 Å². The number of hydrogen-bond acceptors (Lipinski definition) is 5. The Morgan fingerprint density at radius 2 is 1.74 bits per heavy atom. The van der Waals surface area contributed by atoms with Crippen LogP contribution in [0.4, 0.5) is 0 Å². The number of hydrogen-bond donors (Lipinski definition) is 0. The van der Waals surface area contributed by atoms with Crippen molar-refractivity contribution in [1.82, 2.24) is 14.8 Å². The van der Waals surface area contributed by atoms with E-state index in [0.29, 0.717) is 5.02 Å². The average Bonchev–Trinajstić information content (AvgIpc) is 3.48. The zero-order chi connectivity index (χ0) is 27.2. The van der Waals surface area contributed by atoms with Crippen molar-refractivity contribution in [1.29, 1.82) is 0 Å². The normalized spacial score (nSPS) is 12.7. The van der Waals surface area contributed by atoms with Gasteiger partial charge in [0.05, 0.1) is 21.5 Å². The number of aryl methyl sites for hydroxylation is 2. The van der Waals surface area contributed by atoms with Crippen LogP contribution in [-0.2, 0) is 16.6 Å². The lowest BCUT2D eigenvalue weighted by atomic mass is 9.90. The van der Waals surface area contributed by atoms with Crippen LogP contribution in [0.2, 0.25) is 5.02 Å². The second-order valence-electron chi connectivity index (χ2n) is 10.5. The molecule has 0 saturated carbocycles. The molecule has 2 aromatic heterocycles. The Bertz CT molecular complexity index is 1640. The molecule has 0 N–H and O–H groups in total. The van der Waals surface area contributed by atoms with Crippen molar-refractivity contribution < 1.29 is 9.53 Å². The van der Waals surface area contributed by atoms with Gasteiger partial charge in [0.1, 0.15) is 11.1 Å². The molecule has 5 aromatic rings. The van der Waals surface area contributed by atoms with Crippen LogP contribution >= 0.6 is 22.9 Å². The molecule has 0 aliphatic rings. The maximum Gasteiger partial charge on any atom is 0.163 e. The van der Waals surface area contributed by atoms with Gasteiger partial charge in [-0.05, 0) is 76.1 Å². The van der Waals surface area contributed by atoms with Crippen LogP contribution in [0.3, 0.4) is 0 Å². The van der Waals surface area contributed by atoms with Crippen molar-refractivity contribution in [3.05, 3.63) is 83.0 Å². The Hall–Kier alpha value is -3.32. The molecule has 0 radical (unpaired) electrons. The number of carbonyl (C=O) groups is 1. The number of Topliss-reactive ketones (excluding diaryl/α,β-unsaturated/α-hetero) is 1. The van der Waals surface area contributed by atoms with Crippen LogP contribution in [0, 0.1) is 6.92 Å². The van der Waals surface area contributed by atoms with E-state index in [4.69, 9.17) is 21.3 Å². The summed E-state index contributed by atoms with van der Waals surface area (Å²) in [5.74, 6) is -0.0359. The molecule has 0 spiro atoms. The van der Waals surface area contributed by atoms with E-state index in [2.05, 4.69) is 29.4 Å². The molecule has 7 heteroatoms. The number of carbonyl (C=O) groups excluding carboxylic acids is 1. The van der Waals surface area contributed by atoms with Gasteiger partial charge in [0, 0.05) is 40.5 Å². The van der Waals surface area contributed by atoms with Gasteiger partial charge in [-0.15, -0.1) is 11.3 Å². The number of ketones is 1. The summed E-state index contributed by atoms with van der Waals surface area (Å²) >= 11 is 7.87. The zero-order valence-corrected chi connectivity index (χ0v) is 23.9. The molecular formula is C31H30ClN3O2S. The second-order valence-corrected chi connectivity index (χ2v) is 11.9. The molecule has 0 aliphatic heterocycles. The number of halogens is 1. The van der Waals surface area contributed by atoms with Crippen LogP contribution in [0.15, 0.2) is 66.9 Å². The summed E-state index contributed by atoms with van der Waals surface area (Å²) in [7, 11) is 1.94. The third-order valence-electron chi connectivity index (χ3n) is 6.39. The number of ether oxygens (including phenoxy) is 1. The van der Waals surface area contributed by atoms with Gasteiger partial charge in [0.2, 0.25) is 0 Å². The molecule has 1 atom stereocenters. The SMILES string of the molecule is CC(=O)[C@@H](OC(C)(C)C)c1c(C)cc2nc(-c3cccc(-c4ccnn4C)c3)sc2c1-c1ccc(Cl)cc1. The largest absolute Gasteiger partial charge is 0.360 e. The molecule has 38 heavy (non-hydrogen) atoms. The summed E-state index contributed by atoms with van der Waals surface area (Å²) in [6.07, 6.45) is 1.09. The third-order valence-corrected chi connectivity index (χ3v) is 7.78. The Labute approximate surface area is 232 Å². The topological polar surface area (TPSA) is 57.0 Å². The Balaban J connectivity index is 1.75. The minimum absolute atomic E-state index is 0.0359. The summed E-state index contributed by atoms with van der Waals surface area (Å²) in [6.45, 7) is 9.53. The maximum absolute atomic E-state index is 13.0. The van der Waals surface area contributed by atoms with Gasteiger partial charge < -0.3 is 4.74 Å². The molecule has 0 fully saturated rings. The summed E-state index contributed by atoms with van der Waals surface area (Å²) in [6, 6.07) is 20.2. The van der Waals surface area contributed by atoms with Gasteiger partial charge >= 0.3 is 0 Å². The smallest absolute Gasteiger partial charge is 0.163 e. The predicted molar refractivity (Wildman–Crippen MR) is 157 cm³/mol. The lowest BCUT2D eigenvalue weighted by Crippen LogP contribution is -2.27. The average molecular weight is 544 g/mol. The highest BCUT2D eigenvalue weighted by atomic mass is 35.5. The first kappa shape index (κ1) is 26.3. The van der Waals surface area contributed by atoms with Crippen molar-refractivity contribution in [2.24, 2.45) is 7.05 Å². The van der Waals surface area contributed by atoms with Crippen LogP contribution in [0.5, 0.6) is 0 Å². The Morgan fingerprint density at radius 3 is 2.37 bits per heavy atom. The van der Waals surface area contributed by atoms with E-state index in [1.807, 2.05) is 75.8 Å². The molecule has 0 amide bonds. The molecule has 0 unspecified atom stereocenters. The first-order valence-corrected chi connectivity index (χ1v) is 13.7. The molecule has 5 nitrogen and oxygen atoms in total. The monoisotopic (exact) mass is 543 g/mol. The van der Waals surface area contributed by atoms with Crippen molar-refractivity contribution in [2.75, 3.05) is 0 Å². The fourth-order valence-corrected chi connectivity index (χ4v) is 5.99. The first-order chi connectivity index (χ1) is 18.0. The fraction of sp³-hybridized carbons (Fsp3) is 0.258. The van der Waals surface area contributed by atoms with Crippen molar-refractivity contribution in [3.63, 3.8) is 0 Å². The minimum Gasteiger partial charge on any atom is -0.360 e. The Kier molecular flexibility index (Phi) is 6.99. The highest BCUT2D eigenvalue weighted by Crippen LogP contribution is 2.44. The summed E-state index contributed by atoms with van der Waals surface area (Å²) in [5, 5.41) is 5.88. The van der Waals surface area contributed by atoms with Crippen LogP contribution < -0.4 is 0 Å². The number of aromatic nitrogens is 3. The number of rotatable bonds is 6. The molecule has 0 aliphatic carbocycles. The lowest BCUT2D eigenvalue weighted by Gasteiger charge is -2.29. The zero-order valence-electron chi connectivity index (χ0n) is 22.4. The molecule has 0 saturated heterocycles. The van der Waals surface area contributed by atoms with Gasteiger partial charge in [0.15, 0.2) is 5.78 Å². The number of thiazole rings is 1. The van der Waals surface area contributed by atoms with Gasteiger partial charge in [-0.1, -0.05) is 41.9 Å². The first-order valence-electron chi connectivity index (χ1n) is 12.5. The van der Waals surface area contributed by atoms with E-state index >= 15 is 0 Å². The van der Waals surface area contributed by atoms with E-state index in [9.17, 15) is 4.79 Å². The number of nitrogens with zero attached hydrogens (tertiary/aromatic N) is 3. The highest BCUT2D eigenvalue weighted by molar-refractivity contribution is 7.22. The van der Waals surface area contributed by atoms with Crippen molar-refractivity contribution in [3.8, 4) is 33.0 Å². The molecule has 3 aromatic carbocycles. The molecule has 2 heterocycles. The quantitative estimate of drug-likeness (QED) is 0.215. The minimum atomic E-state index is -0.705. The number of fused-ring (bicyclic) bond motifs is 1. The Morgan fingerprint density at radius 1 is 1.03 bits per heavy atom.